The van der Waals surface area contributed by atoms with E-state index in [4.69, 9.17) is 51.4 Å². The number of nitro groups is 1. The third-order valence-corrected chi connectivity index (χ3v) is 5.24. The molecule has 0 spiro atoms. The van der Waals surface area contributed by atoms with Crippen molar-refractivity contribution in [2.45, 2.75) is 0 Å². The summed E-state index contributed by atoms with van der Waals surface area (Å²) in [6, 6.07) is 12.4. The average Bonchev–Trinajstić information content (AvgIpc) is 3.18. The van der Waals surface area contributed by atoms with Gasteiger partial charge in [0.25, 0.3) is 5.69 Å². The molecule has 1 aromatic heterocycles. The number of amides is 1. The van der Waals surface area contributed by atoms with Gasteiger partial charge in [-0.25, -0.2) is 0 Å². The molecule has 0 saturated carbocycles. The number of carbonyl (C=O) groups is 1. The molecule has 3 rings (SSSR count). The number of nitro benzene ring substituents is 1. The van der Waals surface area contributed by atoms with Gasteiger partial charge < -0.3 is 9.73 Å². The number of nitrogens with one attached hydrogen (secondary N) is 2. The fourth-order valence-electron chi connectivity index (χ4n) is 2.47. The molecule has 0 aliphatic rings. The molecule has 3 aromatic rings. The number of carbonyl (C=O) groups excluding carboxylic acids is 1. The van der Waals surface area contributed by atoms with E-state index in [-0.39, 0.29) is 21.5 Å². The molecular weight excluding hydrogens is 485 g/mol. The van der Waals surface area contributed by atoms with E-state index in [0.29, 0.717) is 27.1 Å². The second-order valence-corrected chi connectivity index (χ2v) is 7.60. The topological polar surface area (TPSA) is 97.4 Å². The van der Waals surface area contributed by atoms with E-state index in [1.165, 1.54) is 30.4 Å². The third kappa shape index (κ3) is 5.83. The van der Waals surface area contributed by atoms with E-state index in [1.807, 2.05) is 0 Å². The number of hydrogen-bond donors (Lipinski definition) is 2. The van der Waals surface area contributed by atoms with Gasteiger partial charge in [0.05, 0.1) is 25.7 Å². The molecule has 31 heavy (non-hydrogen) atoms. The Kier molecular flexibility index (Phi) is 7.29. The first kappa shape index (κ1) is 22.8. The smallest absolute Gasteiger partial charge is 0.271 e. The van der Waals surface area contributed by atoms with Crippen molar-refractivity contribution in [3.8, 4) is 11.3 Å². The molecule has 0 radical (unpaired) electrons. The van der Waals surface area contributed by atoms with Gasteiger partial charge in [-0.05, 0) is 48.6 Å². The van der Waals surface area contributed by atoms with Crippen LogP contribution in [0.1, 0.15) is 5.76 Å². The largest absolute Gasteiger partial charge is 0.457 e. The summed E-state index contributed by atoms with van der Waals surface area (Å²) in [6.45, 7) is 0. The molecule has 2 N–H and O–H groups in total. The lowest BCUT2D eigenvalue weighted by molar-refractivity contribution is -0.384. The Bertz CT molecular complexity index is 1210. The fourth-order valence-corrected chi connectivity index (χ4v) is 3.24. The SMILES string of the molecule is O=C(C=Cc1ccc(-c2cccc(Cl)c2Cl)o1)NC(=S)Nc1cc([N+](=O)[O-])ccc1Cl. The monoisotopic (exact) mass is 495 g/mol. The number of halogens is 3. The van der Waals surface area contributed by atoms with Gasteiger partial charge in [-0.3, -0.25) is 20.2 Å². The molecule has 0 aliphatic carbocycles. The number of thiocarbonyl (C=S) groups is 1. The molecule has 0 fully saturated rings. The van der Waals surface area contributed by atoms with Crippen LogP contribution in [0.25, 0.3) is 17.4 Å². The van der Waals surface area contributed by atoms with Crippen LogP contribution >= 0.6 is 47.0 Å². The molecule has 2 aromatic carbocycles. The van der Waals surface area contributed by atoms with Crippen molar-refractivity contribution in [2.24, 2.45) is 0 Å². The minimum absolute atomic E-state index is 0.0807. The molecule has 0 atom stereocenters. The number of hydrogen-bond acceptors (Lipinski definition) is 5. The Balaban J connectivity index is 1.63. The molecule has 1 amide bonds. The summed E-state index contributed by atoms with van der Waals surface area (Å²) in [4.78, 5) is 22.4. The van der Waals surface area contributed by atoms with Crippen molar-refractivity contribution in [3.05, 3.63) is 85.5 Å². The number of nitrogens with zero attached hydrogens (tertiary/aromatic N) is 1. The predicted molar refractivity (Wildman–Crippen MR) is 126 cm³/mol. The summed E-state index contributed by atoms with van der Waals surface area (Å²) < 4.78 is 5.67. The molecule has 158 valence electrons. The summed E-state index contributed by atoms with van der Waals surface area (Å²) >= 11 is 23.2. The third-order valence-electron chi connectivity index (χ3n) is 3.89. The number of benzene rings is 2. The maximum Gasteiger partial charge on any atom is 0.271 e. The summed E-state index contributed by atoms with van der Waals surface area (Å²) in [5.41, 5.74) is 0.644. The standard InChI is InChI=1S/C20H12Cl3N3O4S/c21-14-7-4-11(26(28)29)10-16(14)24-20(31)25-18(27)9-6-12-5-8-17(30-12)13-2-1-3-15(22)19(13)23/h1-10H,(H2,24,25,27,31). The maximum atomic E-state index is 12.1. The normalized spacial score (nSPS) is 10.8. The van der Waals surface area contributed by atoms with Crippen LogP contribution in [-0.2, 0) is 4.79 Å². The zero-order valence-corrected chi connectivity index (χ0v) is 18.5. The molecule has 0 aliphatic heterocycles. The number of anilines is 1. The summed E-state index contributed by atoms with van der Waals surface area (Å²) in [5.74, 6) is 0.352. The van der Waals surface area contributed by atoms with Gasteiger partial charge >= 0.3 is 0 Å². The van der Waals surface area contributed by atoms with Gasteiger partial charge in [0.2, 0.25) is 5.91 Å². The summed E-state index contributed by atoms with van der Waals surface area (Å²) in [7, 11) is 0. The molecule has 7 nitrogen and oxygen atoms in total. The lowest BCUT2D eigenvalue weighted by Gasteiger charge is -2.09. The zero-order valence-electron chi connectivity index (χ0n) is 15.4. The van der Waals surface area contributed by atoms with Crippen LogP contribution in [0.5, 0.6) is 0 Å². The molecular formula is C20H12Cl3N3O4S. The van der Waals surface area contributed by atoms with Gasteiger partial charge in [0, 0.05) is 23.8 Å². The van der Waals surface area contributed by atoms with Crippen molar-refractivity contribution in [2.75, 3.05) is 5.32 Å². The highest BCUT2D eigenvalue weighted by Crippen LogP contribution is 2.34. The van der Waals surface area contributed by atoms with Crippen LogP contribution in [0, 0.1) is 10.1 Å². The number of rotatable bonds is 5. The van der Waals surface area contributed by atoms with E-state index in [2.05, 4.69) is 10.6 Å². The van der Waals surface area contributed by atoms with Crippen LogP contribution in [0.3, 0.4) is 0 Å². The van der Waals surface area contributed by atoms with Gasteiger partial charge in [-0.1, -0.05) is 40.9 Å². The first-order chi connectivity index (χ1) is 14.7. The van der Waals surface area contributed by atoms with Crippen molar-refractivity contribution >= 4 is 75.5 Å². The Labute approximate surface area is 196 Å². The zero-order chi connectivity index (χ0) is 22.5. The Hall–Kier alpha value is -2.91. The lowest BCUT2D eigenvalue weighted by Crippen LogP contribution is -2.32. The minimum Gasteiger partial charge on any atom is -0.457 e. The highest BCUT2D eigenvalue weighted by Gasteiger charge is 2.12. The quantitative estimate of drug-likeness (QED) is 0.185. The van der Waals surface area contributed by atoms with Gasteiger partial charge in [0.15, 0.2) is 5.11 Å². The summed E-state index contributed by atoms with van der Waals surface area (Å²) in [6.07, 6.45) is 2.66. The van der Waals surface area contributed by atoms with Crippen LogP contribution in [0.4, 0.5) is 11.4 Å². The fraction of sp³-hybridized carbons (Fsp3) is 0. The molecule has 11 heteroatoms. The van der Waals surface area contributed by atoms with Crippen LogP contribution in [0.15, 0.2) is 59.0 Å². The molecule has 0 bridgehead atoms. The summed E-state index contributed by atoms with van der Waals surface area (Å²) in [5, 5.41) is 16.8. The average molecular weight is 497 g/mol. The first-order valence-electron chi connectivity index (χ1n) is 8.53. The number of non-ortho nitro benzene ring substituents is 1. The predicted octanol–water partition coefficient (Wildman–Crippen LogP) is 6.34. The highest BCUT2D eigenvalue weighted by molar-refractivity contribution is 7.80. The molecule has 1 heterocycles. The van der Waals surface area contributed by atoms with Crippen LogP contribution < -0.4 is 10.6 Å². The van der Waals surface area contributed by atoms with Crippen LogP contribution in [-0.4, -0.2) is 15.9 Å². The van der Waals surface area contributed by atoms with E-state index in [1.54, 1.807) is 30.3 Å². The highest BCUT2D eigenvalue weighted by atomic mass is 35.5. The number of furan rings is 1. The van der Waals surface area contributed by atoms with Crippen molar-refractivity contribution in [1.29, 1.82) is 0 Å². The van der Waals surface area contributed by atoms with Gasteiger partial charge in [-0.2, -0.15) is 0 Å². The van der Waals surface area contributed by atoms with Gasteiger partial charge in [0.1, 0.15) is 11.5 Å². The van der Waals surface area contributed by atoms with E-state index >= 15 is 0 Å². The Morgan fingerprint density at radius 3 is 2.61 bits per heavy atom. The van der Waals surface area contributed by atoms with Crippen molar-refractivity contribution in [1.82, 2.24) is 5.32 Å². The first-order valence-corrected chi connectivity index (χ1v) is 10.1. The van der Waals surface area contributed by atoms with E-state index in [0.717, 1.165) is 0 Å². The van der Waals surface area contributed by atoms with E-state index < -0.39 is 10.8 Å². The molecule has 0 saturated heterocycles. The second kappa shape index (κ2) is 9.93. The molecule has 0 unspecified atom stereocenters. The van der Waals surface area contributed by atoms with Crippen LogP contribution in [0.2, 0.25) is 15.1 Å². The Morgan fingerprint density at radius 1 is 1.10 bits per heavy atom. The van der Waals surface area contributed by atoms with E-state index in [9.17, 15) is 14.9 Å². The second-order valence-electron chi connectivity index (χ2n) is 6.00. The van der Waals surface area contributed by atoms with Crippen molar-refractivity contribution < 1.29 is 14.1 Å². The lowest BCUT2D eigenvalue weighted by atomic mass is 10.2. The maximum absolute atomic E-state index is 12.1. The van der Waals surface area contributed by atoms with Gasteiger partial charge in [-0.15, -0.1) is 0 Å². The Morgan fingerprint density at radius 2 is 1.87 bits per heavy atom. The minimum atomic E-state index is -0.569. The van der Waals surface area contributed by atoms with Crippen molar-refractivity contribution in [3.63, 3.8) is 0 Å².